The Kier molecular flexibility index (Phi) is 11.6. The third-order valence-corrected chi connectivity index (χ3v) is 4.56. The summed E-state index contributed by atoms with van der Waals surface area (Å²) in [5, 5.41) is 16.0. The predicted molar refractivity (Wildman–Crippen MR) is 116 cm³/mol. The lowest BCUT2D eigenvalue weighted by atomic mass is 9.84. The smallest absolute Gasteiger partial charge is 0.190 e. The van der Waals surface area contributed by atoms with Gasteiger partial charge in [-0.3, -0.25) is 4.99 Å². The van der Waals surface area contributed by atoms with E-state index in [1.807, 2.05) is 30.3 Å². The molecule has 0 radical (unpaired) electrons. The number of guanidine groups is 1. The topological polar surface area (TPSA) is 75.1 Å². The highest BCUT2D eigenvalue weighted by atomic mass is 127. The highest BCUT2D eigenvalue weighted by molar-refractivity contribution is 14.0. The van der Waals surface area contributed by atoms with Gasteiger partial charge < -0.3 is 25.2 Å². The number of aliphatic imine (C=N–C) groups is 1. The second-order valence-corrected chi connectivity index (χ2v) is 6.50. The highest BCUT2D eigenvalue weighted by Crippen LogP contribution is 2.31. The fraction of sp³-hybridized carbons (Fsp3) is 0.632. The summed E-state index contributed by atoms with van der Waals surface area (Å²) >= 11 is 0. The molecule has 2 rings (SSSR count). The zero-order valence-corrected chi connectivity index (χ0v) is 17.9. The minimum atomic E-state index is 0. The molecule has 1 heterocycles. The lowest BCUT2D eigenvalue weighted by Gasteiger charge is -2.27. The Balaban J connectivity index is 0.00000338. The molecule has 1 atom stereocenters. The lowest BCUT2D eigenvalue weighted by molar-refractivity contribution is 0.127. The molecule has 148 valence electrons. The molecule has 26 heavy (non-hydrogen) atoms. The van der Waals surface area contributed by atoms with Gasteiger partial charge in [0.25, 0.3) is 0 Å². The number of hydrogen-bond acceptors (Lipinski definition) is 4. The summed E-state index contributed by atoms with van der Waals surface area (Å²) < 4.78 is 11.2. The van der Waals surface area contributed by atoms with E-state index in [1.54, 1.807) is 7.05 Å². The number of aliphatic hydroxyl groups is 1. The van der Waals surface area contributed by atoms with Crippen LogP contribution >= 0.6 is 24.0 Å². The Morgan fingerprint density at radius 3 is 2.73 bits per heavy atom. The molecular formula is C19H32IN3O3. The van der Waals surface area contributed by atoms with Crippen LogP contribution in [-0.2, 0) is 4.74 Å². The molecule has 3 N–H and O–H groups in total. The van der Waals surface area contributed by atoms with Gasteiger partial charge in [0.2, 0.25) is 0 Å². The van der Waals surface area contributed by atoms with E-state index in [0.29, 0.717) is 13.2 Å². The molecule has 0 saturated carbocycles. The molecule has 1 aliphatic rings. The number of hydrogen-bond donors (Lipinski definition) is 3. The van der Waals surface area contributed by atoms with Gasteiger partial charge in [0.15, 0.2) is 5.96 Å². The number of halogens is 1. The molecule has 1 aromatic rings. The van der Waals surface area contributed by atoms with Gasteiger partial charge in [0, 0.05) is 38.8 Å². The molecule has 0 amide bonds. The fourth-order valence-electron chi connectivity index (χ4n) is 2.94. The highest BCUT2D eigenvalue weighted by Gasteiger charge is 2.34. The standard InChI is InChI=1S/C19H31N3O3.HI/c1-20-18(22-15-19(9-12-23)10-14-24-16-19)21-11-5-6-13-25-17-7-3-2-4-8-17;/h2-4,7-8,23H,5-6,9-16H2,1H3,(H2,20,21,22);1H. The van der Waals surface area contributed by atoms with Crippen molar-refractivity contribution >= 4 is 29.9 Å². The average Bonchev–Trinajstić information content (AvgIpc) is 3.10. The predicted octanol–water partition coefficient (Wildman–Crippen LogP) is 2.42. The van der Waals surface area contributed by atoms with E-state index in [9.17, 15) is 5.11 Å². The van der Waals surface area contributed by atoms with Gasteiger partial charge in [-0.2, -0.15) is 0 Å². The molecular weight excluding hydrogens is 445 g/mol. The van der Waals surface area contributed by atoms with Gasteiger partial charge in [-0.15, -0.1) is 24.0 Å². The van der Waals surface area contributed by atoms with Crippen molar-refractivity contribution in [3.63, 3.8) is 0 Å². The molecule has 0 spiro atoms. The van der Waals surface area contributed by atoms with E-state index in [1.165, 1.54) is 0 Å². The first-order valence-electron chi connectivity index (χ1n) is 9.09. The summed E-state index contributed by atoms with van der Waals surface area (Å²) in [5.41, 5.74) is 0.0237. The maximum atomic E-state index is 9.28. The first-order valence-corrected chi connectivity index (χ1v) is 9.09. The molecule has 6 nitrogen and oxygen atoms in total. The zero-order chi connectivity index (χ0) is 17.8. The zero-order valence-electron chi connectivity index (χ0n) is 15.6. The molecule has 1 aliphatic heterocycles. The normalized spacial score (nSPS) is 19.7. The van der Waals surface area contributed by atoms with Gasteiger partial charge in [0.1, 0.15) is 5.75 Å². The van der Waals surface area contributed by atoms with Crippen LogP contribution in [0.1, 0.15) is 25.7 Å². The minimum Gasteiger partial charge on any atom is -0.494 e. The van der Waals surface area contributed by atoms with E-state index in [2.05, 4.69) is 15.6 Å². The van der Waals surface area contributed by atoms with Crippen molar-refractivity contribution in [1.82, 2.24) is 10.6 Å². The molecule has 7 heteroatoms. The van der Waals surface area contributed by atoms with Gasteiger partial charge in [-0.1, -0.05) is 18.2 Å². The third kappa shape index (κ3) is 8.09. The number of ether oxygens (including phenoxy) is 2. The second-order valence-electron chi connectivity index (χ2n) is 6.50. The van der Waals surface area contributed by atoms with Crippen LogP contribution in [0.4, 0.5) is 0 Å². The van der Waals surface area contributed by atoms with Crippen LogP contribution in [-0.4, -0.2) is 57.6 Å². The largest absolute Gasteiger partial charge is 0.494 e. The van der Waals surface area contributed by atoms with Crippen LogP contribution in [0, 0.1) is 5.41 Å². The Labute approximate surface area is 173 Å². The molecule has 0 aromatic heterocycles. The summed E-state index contributed by atoms with van der Waals surface area (Å²) in [7, 11) is 1.78. The summed E-state index contributed by atoms with van der Waals surface area (Å²) in [6, 6.07) is 9.88. The van der Waals surface area contributed by atoms with Crippen LogP contribution in [0.25, 0.3) is 0 Å². The average molecular weight is 477 g/mol. The van der Waals surface area contributed by atoms with Crippen molar-refractivity contribution in [3.8, 4) is 5.75 Å². The van der Waals surface area contributed by atoms with Gasteiger partial charge in [-0.05, 0) is 37.8 Å². The first kappa shape index (κ1) is 23.0. The van der Waals surface area contributed by atoms with Gasteiger partial charge >= 0.3 is 0 Å². The maximum Gasteiger partial charge on any atom is 0.190 e. The maximum absolute atomic E-state index is 9.28. The Morgan fingerprint density at radius 2 is 2.08 bits per heavy atom. The second kappa shape index (κ2) is 13.2. The van der Waals surface area contributed by atoms with Crippen molar-refractivity contribution in [2.45, 2.75) is 25.7 Å². The number of rotatable bonds is 10. The Bertz CT molecular complexity index is 508. The molecule has 1 aromatic carbocycles. The van der Waals surface area contributed by atoms with Crippen molar-refractivity contribution in [2.24, 2.45) is 10.4 Å². The summed E-state index contributed by atoms with van der Waals surface area (Å²) in [5.74, 6) is 1.72. The molecule has 0 aliphatic carbocycles. The number of benzene rings is 1. The summed E-state index contributed by atoms with van der Waals surface area (Å²) in [6.07, 6.45) is 3.74. The minimum absolute atomic E-state index is 0. The van der Waals surface area contributed by atoms with E-state index in [0.717, 1.165) is 57.1 Å². The number of unbranched alkanes of at least 4 members (excludes halogenated alkanes) is 1. The SMILES string of the molecule is CN=C(NCCCCOc1ccccc1)NCC1(CCO)CCOC1.I. The number of aliphatic hydroxyl groups excluding tert-OH is 1. The van der Waals surface area contributed by atoms with Crippen molar-refractivity contribution in [3.05, 3.63) is 30.3 Å². The van der Waals surface area contributed by atoms with Gasteiger partial charge in [0.05, 0.1) is 13.2 Å². The molecule has 1 unspecified atom stereocenters. The molecule has 1 saturated heterocycles. The Morgan fingerprint density at radius 1 is 1.27 bits per heavy atom. The van der Waals surface area contributed by atoms with E-state index in [-0.39, 0.29) is 36.0 Å². The van der Waals surface area contributed by atoms with E-state index in [4.69, 9.17) is 9.47 Å². The lowest BCUT2D eigenvalue weighted by Crippen LogP contribution is -2.44. The first-order chi connectivity index (χ1) is 12.3. The van der Waals surface area contributed by atoms with Crippen molar-refractivity contribution < 1.29 is 14.6 Å². The van der Waals surface area contributed by atoms with Crippen molar-refractivity contribution in [2.75, 3.05) is 46.6 Å². The quantitative estimate of drug-likeness (QED) is 0.209. The summed E-state index contributed by atoms with van der Waals surface area (Å²) in [6.45, 7) is 4.00. The summed E-state index contributed by atoms with van der Waals surface area (Å²) in [4.78, 5) is 4.27. The monoisotopic (exact) mass is 477 g/mol. The van der Waals surface area contributed by atoms with Crippen LogP contribution < -0.4 is 15.4 Å². The number of para-hydroxylation sites is 1. The van der Waals surface area contributed by atoms with Crippen LogP contribution in [0.15, 0.2) is 35.3 Å². The Hall–Kier alpha value is -1.06. The number of nitrogens with zero attached hydrogens (tertiary/aromatic N) is 1. The third-order valence-electron chi connectivity index (χ3n) is 4.56. The van der Waals surface area contributed by atoms with E-state index < -0.39 is 0 Å². The number of nitrogens with one attached hydrogen (secondary N) is 2. The van der Waals surface area contributed by atoms with Gasteiger partial charge in [-0.25, -0.2) is 0 Å². The van der Waals surface area contributed by atoms with Crippen LogP contribution in [0.5, 0.6) is 5.75 Å². The molecule has 0 bridgehead atoms. The van der Waals surface area contributed by atoms with Crippen LogP contribution in [0.3, 0.4) is 0 Å². The molecule has 1 fully saturated rings. The van der Waals surface area contributed by atoms with Crippen molar-refractivity contribution in [1.29, 1.82) is 0 Å². The van der Waals surface area contributed by atoms with Crippen LogP contribution in [0.2, 0.25) is 0 Å². The van der Waals surface area contributed by atoms with E-state index >= 15 is 0 Å². The fourth-order valence-corrected chi connectivity index (χ4v) is 2.94.